The number of carbonyl (C=O) groups is 5. The third-order valence-electron chi connectivity index (χ3n) is 8.97. The summed E-state index contributed by atoms with van der Waals surface area (Å²) in [6, 6.07) is 10.5. The van der Waals surface area contributed by atoms with Crippen molar-refractivity contribution in [3.05, 3.63) is 54.5 Å². The summed E-state index contributed by atoms with van der Waals surface area (Å²) in [5, 5.41) is 17.6. The first-order chi connectivity index (χ1) is 24.0. The fourth-order valence-corrected chi connectivity index (χ4v) is 7.40. The van der Waals surface area contributed by atoms with Crippen LogP contribution in [0.4, 0.5) is 20.1 Å². The molecule has 50 heavy (non-hydrogen) atoms. The van der Waals surface area contributed by atoms with E-state index in [1.54, 1.807) is 29.3 Å². The number of aromatic nitrogens is 3. The number of fused-ring (bicyclic) bond motifs is 1. The summed E-state index contributed by atoms with van der Waals surface area (Å²) in [4.78, 5) is 77.3. The molecule has 0 unspecified atom stereocenters. The second-order valence-corrected chi connectivity index (χ2v) is 13.6. The van der Waals surface area contributed by atoms with Crippen molar-refractivity contribution in [3.8, 4) is 21.8 Å². The van der Waals surface area contributed by atoms with Gasteiger partial charge in [-0.05, 0) is 55.4 Å². The molecule has 15 nitrogen and oxygen atoms in total. The van der Waals surface area contributed by atoms with E-state index in [1.165, 1.54) is 18.4 Å². The highest BCUT2D eigenvalue weighted by Crippen LogP contribution is 2.35. The van der Waals surface area contributed by atoms with Crippen LogP contribution >= 0.6 is 11.3 Å². The number of thiazole rings is 1. The summed E-state index contributed by atoms with van der Waals surface area (Å²) in [7, 11) is 1.27. The molecule has 0 spiro atoms. The number of anilines is 1. The molecule has 16 heteroatoms. The van der Waals surface area contributed by atoms with Gasteiger partial charge in [0.25, 0.3) is 5.91 Å². The minimum atomic E-state index is -1.19. The molecule has 4 heterocycles. The number of carbonyl (C=O) groups excluding carboxylic acids is 4. The standard InChI is InChI=1S/C34H38N8O7S/c1-18(2)27(39-33(46)49-3)31(44)41-14-4-6-24(41)28-35-17-23(37-28)19-8-10-20(11-9-19)30-38-22-13-12-21(16-26(22)50-30)36-32(45)40-29(43)25-7-5-15-42(25)34(47)48/h8-13,16-18,24-25,27H,4-7,14-15H2,1-3H3,(H,35,37)(H,39,46)(H,47,48)(H2,36,40,43,45)/t24-,25-,27-/m0/s1. The van der Waals surface area contributed by atoms with Crippen molar-refractivity contribution >= 4 is 57.3 Å². The smallest absolute Gasteiger partial charge is 0.407 e. The molecule has 0 bridgehead atoms. The van der Waals surface area contributed by atoms with Gasteiger partial charge in [-0.3, -0.25) is 19.8 Å². The molecule has 5 N–H and O–H groups in total. The average Bonchev–Trinajstić information content (AvgIpc) is 3.92. The summed E-state index contributed by atoms with van der Waals surface area (Å²) >= 11 is 1.45. The number of hydrogen-bond donors (Lipinski definition) is 5. The lowest BCUT2D eigenvalue weighted by atomic mass is 10.0. The molecule has 4 aromatic rings. The van der Waals surface area contributed by atoms with Gasteiger partial charge in [-0.15, -0.1) is 11.3 Å². The van der Waals surface area contributed by atoms with Gasteiger partial charge in [-0.2, -0.15) is 0 Å². The average molecular weight is 703 g/mol. The highest BCUT2D eigenvalue weighted by molar-refractivity contribution is 7.21. The zero-order valence-corrected chi connectivity index (χ0v) is 28.6. The number of nitrogens with one attached hydrogen (secondary N) is 4. The van der Waals surface area contributed by atoms with Crippen molar-refractivity contribution in [2.45, 2.75) is 57.7 Å². The van der Waals surface area contributed by atoms with Crippen LogP contribution in [0, 0.1) is 5.92 Å². The van der Waals surface area contributed by atoms with E-state index < -0.39 is 36.2 Å². The molecular weight excluding hydrogens is 664 g/mol. The summed E-state index contributed by atoms with van der Waals surface area (Å²) in [6.07, 6.45) is 2.43. The molecule has 0 aliphatic carbocycles. The van der Waals surface area contributed by atoms with Gasteiger partial charge < -0.3 is 30.4 Å². The summed E-state index contributed by atoms with van der Waals surface area (Å²) in [6.45, 7) is 4.59. The van der Waals surface area contributed by atoms with Crippen LogP contribution in [-0.2, 0) is 14.3 Å². The Bertz CT molecular complexity index is 1920. The van der Waals surface area contributed by atoms with E-state index in [1.807, 2.05) is 38.1 Å². The quantitative estimate of drug-likeness (QED) is 0.164. The third kappa shape index (κ3) is 7.24. The zero-order chi connectivity index (χ0) is 35.5. The number of H-pyrrole nitrogens is 1. The van der Waals surface area contributed by atoms with Gasteiger partial charge in [0.2, 0.25) is 5.91 Å². The molecule has 2 aliphatic rings. The minimum Gasteiger partial charge on any atom is -0.465 e. The highest BCUT2D eigenvalue weighted by Gasteiger charge is 2.38. The van der Waals surface area contributed by atoms with Crippen LogP contribution < -0.4 is 16.0 Å². The molecule has 2 saturated heterocycles. The number of imidazole rings is 1. The first kappa shape index (κ1) is 34.4. The van der Waals surface area contributed by atoms with Gasteiger partial charge in [0, 0.05) is 24.3 Å². The number of alkyl carbamates (subject to hydrolysis) is 1. The lowest BCUT2D eigenvalue weighted by Crippen LogP contribution is -2.51. The maximum Gasteiger partial charge on any atom is 0.407 e. The number of imide groups is 1. The van der Waals surface area contributed by atoms with Gasteiger partial charge in [-0.1, -0.05) is 38.1 Å². The van der Waals surface area contributed by atoms with Crippen molar-refractivity contribution in [1.29, 1.82) is 0 Å². The van der Waals surface area contributed by atoms with E-state index in [2.05, 4.69) is 25.9 Å². The number of amides is 6. The van der Waals surface area contributed by atoms with Crippen LogP contribution in [-0.4, -0.2) is 92.2 Å². The summed E-state index contributed by atoms with van der Waals surface area (Å²) in [5.74, 6) is -0.257. The molecule has 3 atom stereocenters. The van der Waals surface area contributed by atoms with Crippen molar-refractivity contribution in [2.75, 3.05) is 25.5 Å². The van der Waals surface area contributed by atoms with Gasteiger partial charge in [0.15, 0.2) is 0 Å². The largest absolute Gasteiger partial charge is 0.465 e. The van der Waals surface area contributed by atoms with Crippen LogP contribution in [0.2, 0.25) is 0 Å². The van der Waals surface area contributed by atoms with Crippen molar-refractivity contribution < 1.29 is 33.8 Å². The zero-order valence-electron chi connectivity index (χ0n) is 27.8. The first-order valence-corrected chi connectivity index (χ1v) is 17.2. The Balaban J connectivity index is 1.10. The SMILES string of the molecule is COC(=O)N[C@H](C(=O)N1CCC[C@H]1c1ncc(-c2ccc(-c3nc4ccc(NC(=O)NC(=O)[C@@H]5CCCN5C(=O)O)cc4s3)cc2)[nH]1)C(C)C. The molecular formula is C34H38N8O7S. The van der Waals surface area contributed by atoms with Crippen LogP contribution in [0.1, 0.15) is 51.4 Å². The molecule has 0 saturated carbocycles. The fraction of sp³-hybridized carbons (Fsp3) is 0.382. The van der Waals surface area contributed by atoms with E-state index in [4.69, 9.17) is 9.72 Å². The molecule has 2 aromatic carbocycles. The second kappa shape index (κ2) is 14.5. The number of rotatable bonds is 8. The minimum absolute atomic E-state index is 0.123. The topological polar surface area (TPSA) is 199 Å². The Kier molecular flexibility index (Phi) is 9.99. The molecule has 2 fully saturated rings. The van der Waals surface area contributed by atoms with Gasteiger partial charge in [0.1, 0.15) is 22.9 Å². The Morgan fingerprint density at radius 1 is 1.00 bits per heavy atom. The number of urea groups is 1. The molecule has 2 aromatic heterocycles. The highest BCUT2D eigenvalue weighted by atomic mass is 32.1. The van der Waals surface area contributed by atoms with E-state index >= 15 is 0 Å². The number of carboxylic acid groups (broad SMARTS) is 1. The molecule has 0 radical (unpaired) electrons. The predicted octanol–water partition coefficient (Wildman–Crippen LogP) is 5.19. The van der Waals surface area contributed by atoms with Crippen LogP contribution in [0.15, 0.2) is 48.7 Å². The third-order valence-corrected chi connectivity index (χ3v) is 10.0. The molecule has 2 aliphatic heterocycles. The number of likely N-dealkylation sites (tertiary alicyclic amines) is 2. The number of ether oxygens (including phenoxy) is 1. The first-order valence-electron chi connectivity index (χ1n) is 16.3. The molecule has 6 rings (SSSR count). The van der Waals surface area contributed by atoms with Gasteiger partial charge in [-0.25, -0.2) is 24.4 Å². The Hall–Kier alpha value is -5.51. The van der Waals surface area contributed by atoms with E-state index in [0.29, 0.717) is 30.9 Å². The second-order valence-electron chi connectivity index (χ2n) is 12.6. The maximum absolute atomic E-state index is 13.5. The molecule has 6 amide bonds. The number of benzene rings is 2. The Morgan fingerprint density at radius 3 is 2.44 bits per heavy atom. The number of hydrogen-bond acceptors (Lipinski definition) is 9. The van der Waals surface area contributed by atoms with E-state index in [-0.39, 0.29) is 24.4 Å². The van der Waals surface area contributed by atoms with E-state index in [0.717, 1.165) is 49.8 Å². The van der Waals surface area contributed by atoms with Crippen molar-refractivity contribution in [2.24, 2.45) is 5.92 Å². The van der Waals surface area contributed by atoms with Crippen LogP contribution in [0.25, 0.3) is 32.0 Å². The lowest BCUT2D eigenvalue weighted by Gasteiger charge is -2.30. The Morgan fingerprint density at radius 2 is 1.72 bits per heavy atom. The van der Waals surface area contributed by atoms with Gasteiger partial charge >= 0.3 is 18.2 Å². The molecule has 262 valence electrons. The summed E-state index contributed by atoms with van der Waals surface area (Å²) in [5.41, 5.74) is 3.83. The lowest BCUT2D eigenvalue weighted by molar-refractivity contribution is -0.135. The van der Waals surface area contributed by atoms with Crippen LogP contribution in [0.3, 0.4) is 0 Å². The van der Waals surface area contributed by atoms with Crippen LogP contribution in [0.5, 0.6) is 0 Å². The summed E-state index contributed by atoms with van der Waals surface area (Å²) < 4.78 is 5.56. The predicted molar refractivity (Wildman–Crippen MR) is 185 cm³/mol. The number of methoxy groups -OCH3 is 1. The van der Waals surface area contributed by atoms with Gasteiger partial charge in [0.05, 0.1) is 35.3 Å². The normalized spacial score (nSPS) is 17.9. The number of nitrogens with zero attached hydrogens (tertiary/aromatic N) is 4. The fourth-order valence-electron chi connectivity index (χ4n) is 6.39. The monoisotopic (exact) mass is 702 g/mol. The van der Waals surface area contributed by atoms with E-state index in [9.17, 15) is 29.1 Å². The number of aromatic amines is 1. The Labute approximate surface area is 291 Å². The maximum atomic E-state index is 13.5. The van der Waals surface area contributed by atoms with Crippen molar-refractivity contribution in [3.63, 3.8) is 0 Å². The van der Waals surface area contributed by atoms with Crippen molar-refractivity contribution in [1.82, 2.24) is 35.4 Å².